The van der Waals surface area contributed by atoms with Crippen LogP contribution in [0.5, 0.6) is 11.5 Å². The average molecular weight is 270 g/mol. The molecule has 1 N–H and O–H groups in total. The van der Waals surface area contributed by atoms with Gasteiger partial charge in [0.1, 0.15) is 0 Å². The lowest BCUT2D eigenvalue weighted by molar-refractivity contribution is 0.0918. The largest absolute Gasteiger partial charge is 0.504 e. The molecule has 2 aromatic carbocycles. The first-order valence-electron chi connectivity index (χ1n) is 6.51. The Hall–Kier alpha value is -2.29. The molecule has 0 fully saturated rings. The summed E-state index contributed by atoms with van der Waals surface area (Å²) in [5, 5.41) is 9.60. The van der Waals surface area contributed by atoms with Crippen LogP contribution in [0.3, 0.4) is 0 Å². The predicted octanol–water partition coefficient (Wildman–Crippen LogP) is 3.58. The fourth-order valence-corrected chi connectivity index (χ4v) is 2.41. The molecule has 0 saturated carbocycles. The van der Waals surface area contributed by atoms with Gasteiger partial charge in [0.2, 0.25) is 5.78 Å². The molecule has 2 rings (SSSR count). The summed E-state index contributed by atoms with van der Waals surface area (Å²) >= 11 is 0. The van der Waals surface area contributed by atoms with Crippen LogP contribution in [0.2, 0.25) is 0 Å². The summed E-state index contributed by atoms with van der Waals surface area (Å²) in [6.07, 6.45) is 0. The van der Waals surface area contributed by atoms with Gasteiger partial charge in [-0.25, -0.2) is 0 Å². The number of benzene rings is 2. The van der Waals surface area contributed by atoms with Crippen LogP contribution in [0.4, 0.5) is 0 Å². The highest BCUT2D eigenvalue weighted by Gasteiger charge is 2.14. The van der Waals surface area contributed by atoms with Gasteiger partial charge < -0.3 is 9.84 Å². The molecule has 0 aliphatic rings. The van der Waals surface area contributed by atoms with Gasteiger partial charge in [0.05, 0.1) is 0 Å². The van der Waals surface area contributed by atoms with Crippen LogP contribution < -0.4 is 4.74 Å². The third kappa shape index (κ3) is 2.99. The summed E-state index contributed by atoms with van der Waals surface area (Å²) < 4.78 is 5.39. The number of phenolic OH excluding ortho intramolecular Hbond substituents is 1. The summed E-state index contributed by atoms with van der Waals surface area (Å²) in [4.78, 5) is 12.3. The fourth-order valence-electron chi connectivity index (χ4n) is 2.41. The van der Waals surface area contributed by atoms with Crippen LogP contribution in [0.15, 0.2) is 36.4 Å². The Morgan fingerprint density at radius 3 is 2.30 bits per heavy atom. The van der Waals surface area contributed by atoms with Crippen LogP contribution in [0.25, 0.3) is 0 Å². The fraction of sp³-hybridized carbons (Fsp3) is 0.235. The van der Waals surface area contributed by atoms with E-state index in [4.69, 9.17) is 4.74 Å². The molecule has 0 radical (unpaired) electrons. The molecule has 0 aliphatic carbocycles. The lowest BCUT2D eigenvalue weighted by atomic mass is 9.97. The van der Waals surface area contributed by atoms with Gasteiger partial charge >= 0.3 is 0 Å². The Balaban J connectivity index is 2.16. The van der Waals surface area contributed by atoms with Crippen molar-refractivity contribution < 1.29 is 14.6 Å². The Kier molecular flexibility index (Phi) is 4.08. The van der Waals surface area contributed by atoms with Gasteiger partial charge in [-0.1, -0.05) is 29.8 Å². The number of rotatable bonds is 4. The van der Waals surface area contributed by atoms with Gasteiger partial charge in [0.25, 0.3) is 0 Å². The highest BCUT2D eigenvalue weighted by Crippen LogP contribution is 2.25. The van der Waals surface area contributed by atoms with E-state index >= 15 is 0 Å². The van der Waals surface area contributed by atoms with E-state index in [0.29, 0.717) is 11.3 Å². The number of phenols is 1. The second-order valence-electron chi connectivity index (χ2n) is 4.95. The Morgan fingerprint density at radius 1 is 1.10 bits per heavy atom. The molecule has 0 unspecified atom stereocenters. The second-order valence-corrected chi connectivity index (χ2v) is 4.95. The van der Waals surface area contributed by atoms with E-state index in [0.717, 1.165) is 16.7 Å². The molecule has 0 aromatic heterocycles. The van der Waals surface area contributed by atoms with Crippen molar-refractivity contribution in [2.45, 2.75) is 20.8 Å². The molecule has 3 nitrogen and oxygen atoms in total. The molecule has 0 spiro atoms. The number of para-hydroxylation sites is 2. The molecule has 20 heavy (non-hydrogen) atoms. The highest BCUT2D eigenvalue weighted by molar-refractivity contribution is 6.00. The summed E-state index contributed by atoms with van der Waals surface area (Å²) in [6.45, 7) is 5.77. The zero-order chi connectivity index (χ0) is 14.7. The molecule has 0 atom stereocenters. The van der Waals surface area contributed by atoms with E-state index < -0.39 is 0 Å². The number of hydrogen-bond donors (Lipinski definition) is 1. The first kappa shape index (κ1) is 14.1. The number of Topliss-reactive ketones (excluding diaryl/α,β-unsaturated/α-hetero) is 1. The van der Waals surface area contributed by atoms with Gasteiger partial charge in [-0.2, -0.15) is 0 Å². The number of aryl methyl sites for hydroxylation is 3. The minimum Gasteiger partial charge on any atom is -0.504 e. The number of carbonyl (C=O) groups excluding carboxylic acids is 1. The van der Waals surface area contributed by atoms with Gasteiger partial charge in [-0.15, -0.1) is 0 Å². The zero-order valence-electron chi connectivity index (χ0n) is 11.9. The normalized spacial score (nSPS) is 10.3. The molecule has 0 bridgehead atoms. The molecule has 0 saturated heterocycles. The van der Waals surface area contributed by atoms with Crippen molar-refractivity contribution in [2.75, 3.05) is 6.61 Å². The van der Waals surface area contributed by atoms with E-state index in [9.17, 15) is 9.90 Å². The van der Waals surface area contributed by atoms with Gasteiger partial charge in [-0.05, 0) is 44.0 Å². The third-order valence-corrected chi connectivity index (χ3v) is 3.18. The number of carbonyl (C=O) groups is 1. The Labute approximate surface area is 118 Å². The van der Waals surface area contributed by atoms with Crippen LogP contribution >= 0.6 is 0 Å². The van der Waals surface area contributed by atoms with Crippen molar-refractivity contribution in [3.05, 3.63) is 58.7 Å². The smallest absolute Gasteiger partial charge is 0.200 e. The minimum atomic E-state index is -0.0810. The monoisotopic (exact) mass is 270 g/mol. The van der Waals surface area contributed by atoms with Crippen LogP contribution in [-0.4, -0.2) is 17.5 Å². The van der Waals surface area contributed by atoms with E-state index in [-0.39, 0.29) is 18.1 Å². The molecule has 0 aliphatic heterocycles. The Morgan fingerprint density at radius 2 is 1.70 bits per heavy atom. The molecular weight excluding hydrogens is 252 g/mol. The molecule has 0 amide bonds. The van der Waals surface area contributed by atoms with Gasteiger partial charge in [-0.3, -0.25) is 4.79 Å². The molecule has 0 heterocycles. The minimum absolute atomic E-state index is 0.0395. The van der Waals surface area contributed by atoms with Crippen molar-refractivity contribution in [2.24, 2.45) is 0 Å². The van der Waals surface area contributed by atoms with Crippen molar-refractivity contribution in [3.8, 4) is 11.5 Å². The summed E-state index contributed by atoms with van der Waals surface area (Å²) in [6, 6.07) is 10.6. The first-order chi connectivity index (χ1) is 9.49. The van der Waals surface area contributed by atoms with Crippen LogP contribution in [0, 0.1) is 20.8 Å². The quantitative estimate of drug-likeness (QED) is 0.864. The summed E-state index contributed by atoms with van der Waals surface area (Å²) in [5.41, 5.74) is 3.74. The lowest BCUT2D eigenvalue weighted by Gasteiger charge is -2.11. The topological polar surface area (TPSA) is 46.5 Å². The molecular formula is C17H18O3. The predicted molar refractivity (Wildman–Crippen MR) is 78.6 cm³/mol. The van der Waals surface area contributed by atoms with E-state index in [2.05, 4.69) is 0 Å². The van der Waals surface area contributed by atoms with Crippen LogP contribution in [0.1, 0.15) is 27.0 Å². The second kappa shape index (κ2) is 5.78. The lowest BCUT2D eigenvalue weighted by Crippen LogP contribution is -2.14. The Bertz CT molecular complexity index is 621. The number of ketones is 1. The third-order valence-electron chi connectivity index (χ3n) is 3.18. The van der Waals surface area contributed by atoms with Crippen molar-refractivity contribution in [1.82, 2.24) is 0 Å². The summed E-state index contributed by atoms with van der Waals surface area (Å²) in [7, 11) is 0. The molecule has 104 valence electrons. The average Bonchev–Trinajstić information content (AvgIpc) is 2.36. The summed E-state index contributed by atoms with van der Waals surface area (Å²) in [5.74, 6) is 0.282. The number of hydrogen-bond acceptors (Lipinski definition) is 3. The highest BCUT2D eigenvalue weighted by atomic mass is 16.5. The maximum absolute atomic E-state index is 12.3. The number of ether oxygens (including phenoxy) is 1. The zero-order valence-corrected chi connectivity index (χ0v) is 11.9. The number of aromatic hydroxyl groups is 1. The molecule has 3 heteroatoms. The SMILES string of the molecule is Cc1cc(C)c(C(=O)COc2ccccc2O)c(C)c1. The van der Waals surface area contributed by atoms with E-state index in [1.807, 2.05) is 32.9 Å². The molecule has 2 aromatic rings. The van der Waals surface area contributed by atoms with Crippen LogP contribution in [-0.2, 0) is 0 Å². The first-order valence-corrected chi connectivity index (χ1v) is 6.51. The maximum atomic E-state index is 12.3. The maximum Gasteiger partial charge on any atom is 0.200 e. The van der Waals surface area contributed by atoms with Crippen molar-refractivity contribution in [1.29, 1.82) is 0 Å². The van der Waals surface area contributed by atoms with Gasteiger partial charge in [0, 0.05) is 5.56 Å². The standard InChI is InChI=1S/C17H18O3/c1-11-8-12(2)17(13(3)9-11)15(19)10-20-16-7-5-4-6-14(16)18/h4-9,18H,10H2,1-3H3. The van der Waals surface area contributed by atoms with E-state index in [1.54, 1.807) is 18.2 Å². The van der Waals surface area contributed by atoms with E-state index in [1.165, 1.54) is 6.07 Å². The van der Waals surface area contributed by atoms with Crippen molar-refractivity contribution >= 4 is 5.78 Å². The van der Waals surface area contributed by atoms with Crippen molar-refractivity contribution in [3.63, 3.8) is 0 Å². The van der Waals surface area contributed by atoms with Gasteiger partial charge in [0.15, 0.2) is 18.1 Å².